The van der Waals surface area contributed by atoms with E-state index in [0.29, 0.717) is 5.96 Å². The van der Waals surface area contributed by atoms with E-state index in [1.54, 1.807) is 0 Å². The van der Waals surface area contributed by atoms with Gasteiger partial charge < -0.3 is 15.4 Å². The predicted molar refractivity (Wildman–Crippen MR) is 101 cm³/mol. The largest absolute Gasteiger partial charge is 0.493 e. The van der Waals surface area contributed by atoms with Crippen LogP contribution in [0.5, 0.6) is 5.75 Å². The van der Waals surface area contributed by atoms with Crippen LogP contribution in [-0.4, -0.2) is 37.1 Å². The lowest BCUT2D eigenvalue weighted by atomic mass is 10.0. The van der Waals surface area contributed by atoms with Gasteiger partial charge in [-0.25, -0.2) is 0 Å². The molecule has 1 aromatic rings. The number of halogens is 1. The molecule has 1 atom stereocenters. The van der Waals surface area contributed by atoms with Crippen LogP contribution in [0.25, 0.3) is 0 Å². The van der Waals surface area contributed by atoms with E-state index in [1.165, 1.54) is 24.0 Å². The minimum absolute atomic E-state index is 0. The molecule has 0 radical (unpaired) electrons. The molecule has 122 valence electrons. The molecule has 1 saturated heterocycles. The van der Waals surface area contributed by atoms with Gasteiger partial charge in [0.05, 0.1) is 6.61 Å². The van der Waals surface area contributed by atoms with Gasteiger partial charge >= 0.3 is 0 Å². The summed E-state index contributed by atoms with van der Waals surface area (Å²) < 4.78 is 5.53. The Kier molecular flexibility index (Phi) is 6.35. The average molecular weight is 415 g/mol. The van der Waals surface area contributed by atoms with Crippen LogP contribution in [0, 0.1) is 5.92 Å². The van der Waals surface area contributed by atoms with Gasteiger partial charge in [-0.15, -0.1) is 24.0 Å². The van der Waals surface area contributed by atoms with Gasteiger partial charge in [-0.05, 0) is 42.4 Å². The zero-order valence-corrected chi connectivity index (χ0v) is 15.6. The van der Waals surface area contributed by atoms with Crippen molar-refractivity contribution < 1.29 is 4.74 Å². The third-order valence-corrected chi connectivity index (χ3v) is 4.41. The first-order chi connectivity index (χ1) is 10.2. The molecule has 1 aromatic carbocycles. The maximum atomic E-state index is 6.12. The number of hydrogen-bond acceptors (Lipinski definition) is 2. The highest BCUT2D eigenvalue weighted by Gasteiger charge is 2.17. The van der Waals surface area contributed by atoms with E-state index in [0.717, 1.165) is 50.8 Å². The lowest BCUT2D eigenvalue weighted by molar-refractivity contribution is 0.270. The third kappa shape index (κ3) is 4.27. The minimum atomic E-state index is 0. The van der Waals surface area contributed by atoms with Crippen LogP contribution >= 0.6 is 24.0 Å². The molecule has 2 aliphatic rings. The fourth-order valence-corrected chi connectivity index (χ4v) is 3.19. The van der Waals surface area contributed by atoms with Crippen molar-refractivity contribution in [1.29, 1.82) is 0 Å². The van der Waals surface area contributed by atoms with Gasteiger partial charge in [0.1, 0.15) is 5.75 Å². The molecule has 3 rings (SSSR count). The Morgan fingerprint density at radius 1 is 1.45 bits per heavy atom. The Labute approximate surface area is 150 Å². The topological polar surface area (TPSA) is 50.8 Å². The second-order valence-electron chi connectivity index (χ2n) is 6.22. The summed E-state index contributed by atoms with van der Waals surface area (Å²) in [5.41, 5.74) is 8.77. The summed E-state index contributed by atoms with van der Waals surface area (Å²) in [5, 5.41) is 0. The van der Waals surface area contributed by atoms with E-state index < -0.39 is 0 Å². The summed E-state index contributed by atoms with van der Waals surface area (Å²) in [7, 11) is 0. The molecule has 0 bridgehead atoms. The van der Waals surface area contributed by atoms with Crippen LogP contribution in [0.1, 0.15) is 30.9 Å². The number of likely N-dealkylation sites (tertiary alicyclic amines) is 1. The van der Waals surface area contributed by atoms with Crippen molar-refractivity contribution in [3.63, 3.8) is 0 Å². The number of benzene rings is 1. The van der Waals surface area contributed by atoms with Crippen molar-refractivity contribution >= 4 is 29.9 Å². The predicted octanol–water partition coefficient (Wildman–Crippen LogP) is 2.83. The number of nitrogens with zero attached hydrogens (tertiary/aromatic N) is 2. The summed E-state index contributed by atoms with van der Waals surface area (Å²) in [6.45, 7) is 5.96. The smallest absolute Gasteiger partial charge is 0.191 e. The molecular formula is C17H26IN3O. The molecule has 0 saturated carbocycles. The van der Waals surface area contributed by atoms with Gasteiger partial charge in [0.2, 0.25) is 0 Å². The first-order valence-corrected chi connectivity index (χ1v) is 8.02. The molecule has 2 aliphatic heterocycles. The molecule has 22 heavy (non-hydrogen) atoms. The van der Waals surface area contributed by atoms with Crippen molar-refractivity contribution in [2.24, 2.45) is 16.6 Å². The minimum Gasteiger partial charge on any atom is -0.493 e. The van der Waals surface area contributed by atoms with Crippen LogP contribution in [0.4, 0.5) is 0 Å². The van der Waals surface area contributed by atoms with Crippen LogP contribution < -0.4 is 10.5 Å². The van der Waals surface area contributed by atoms with Gasteiger partial charge in [0.25, 0.3) is 0 Å². The van der Waals surface area contributed by atoms with Crippen molar-refractivity contribution in [3.8, 4) is 5.75 Å². The normalized spacial score (nSPS) is 21.0. The summed E-state index contributed by atoms with van der Waals surface area (Å²) in [6, 6.07) is 6.47. The SMILES string of the molecule is CC1CCCN(C(N)=NCCc2ccc3c(c2)CCO3)C1.I. The van der Waals surface area contributed by atoms with Crippen molar-refractivity contribution in [1.82, 2.24) is 4.90 Å². The first-order valence-electron chi connectivity index (χ1n) is 8.02. The maximum absolute atomic E-state index is 6.12. The lowest BCUT2D eigenvalue weighted by Gasteiger charge is -2.31. The molecule has 0 amide bonds. The number of hydrogen-bond donors (Lipinski definition) is 1. The van der Waals surface area contributed by atoms with E-state index in [1.807, 2.05) is 0 Å². The van der Waals surface area contributed by atoms with Crippen LogP contribution in [0.15, 0.2) is 23.2 Å². The second-order valence-corrected chi connectivity index (χ2v) is 6.22. The molecule has 0 spiro atoms. The molecule has 2 heterocycles. The van der Waals surface area contributed by atoms with E-state index in [-0.39, 0.29) is 24.0 Å². The number of rotatable bonds is 3. The zero-order chi connectivity index (χ0) is 14.7. The van der Waals surface area contributed by atoms with Crippen LogP contribution in [0.3, 0.4) is 0 Å². The Hall–Kier alpha value is -0.980. The Bertz CT molecular complexity index is 533. The third-order valence-electron chi connectivity index (χ3n) is 4.41. The lowest BCUT2D eigenvalue weighted by Crippen LogP contribution is -2.43. The van der Waals surface area contributed by atoms with E-state index in [2.05, 4.69) is 35.0 Å². The molecule has 0 aromatic heterocycles. The summed E-state index contributed by atoms with van der Waals surface area (Å²) >= 11 is 0. The first kappa shape index (κ1) is 17.4. The highest BCUT2D eigenvalue weighted by Crippen LogP contribution is 2.26. The monoisotopic (exact) mass is 415 g/mol. The zero-order valence-electron chi connectivity index (χ0n) is 13.3. The second kappa shape index (κ2) is 8.04. The highest BCUT2D eigenvalue weighted by molar-refractivity contribution is 14.0. The van der Waals surface area contributed by atoms with Crippen molar-refractivity contribution in [3.05, 3.63) is 29.3 Å². The van der Waals surface area contributed by atoms with Gasteiger partial charge in [-0.1, -0.05) is 19.1 Å². The van der Waals surface area contributed by atoms with Crippen LogP contribution in [-0.2, 0) is 12.8 Å². The Morgan fingerprint density at radius 3 is 3.14 bits per heavy atom. The fourth-order valence-electron chi connectivity index (χ4n) is 3.19. The number of aliphatic imine (C=N–C) groups is 1. The molecule has 0 aliphatic carbocycles. The molecule has 2 N–H and O–H groups in total. The maximum Gasteiger partial charge on any atom is 0.191 e. The van der Waals surface area contributed by atoms with E-state index in [4.69, 9.17) is 10.5 Å². The standard InChI is InChI=1S/C17H25N3O.HI/c1-13-3-2-9-20(12-13)17(18)19-8-6-14-4-5-16-15(11-14)7-10-21-16;/h4-5,11,13H,2-3,6-10,12H2,1H3,(H2,18,19);1H. The number of ether oxygens (including phenoxy) is 1. The van der Waals surface area contributed by atoms with Crippen molar-refractivity contribution in [2.75, 3.05) is 26.2 Å². The van der Waals surface area contributed by atoms with E-state index in [9.17, 15) is 0 Å². The summed E-state index contributed by atoms with van der Waals surface area (Å²) in [4.78, 5) is 6.79. The summed E-state index contributed by atoms with van der Waals surface area (Å²) in [6.07, 6.45) is 4.50. The van der Waals surface area contributed by atoms with Gasteiger partial charge in [0.15, 0.2) is 5.96 Å². The van der Waals surface area contributed by atoms with Crippen molar-refractivity contribution in [2.45, 2.75) is 32.6 Å². The quantitative estimate of drug-likeness (QED) is 0.469. The molecule has 1 unspecified atom stereocenters. The van der Waals surface area contributed by atoms with Gasteiger partial charge in [0, 0.05) is 26.1 Å². The average Bonchev–Trinajstić information content (AvgIpc) is 2.94. The Balaban J connectivity index is 0.00000176. The molecule has 5 heteroatoms. The molecular weight excluding hydrogens is 389 g/mol. The molecule has 1 fully saturated rings. The fraction of sp³-hybridized carbons (Fsp3) is 0.588. The summed E-state index contributed by atoms with van der Waals surface area (Å²) in [5.74, 6) is 2.49. The van der Waals surface area contributed by atoms with E-state index >= 15 is 0 Å². The van der Waals surface area contributed by atoms with Gasteiger partial charge in [-0.2, -0.15) is 0 Å². The number of piperidine rings is 1. The van der Waals surface area contributed by atoms with Crippen LogP contribution in [0.2, 0.25) is 0 Å². The number of fused-ring (bicyclic) bond motifs is 1. The molecule has 4 nitrogen and oxygen atoms in total. The van der Waals surface area contributed by atoms with Gasteiger partial charge in [-0.3, -0.25) is 4.99 Å². The number of guanidine groups is 1. The number of nitrogens with two attached hydrogens (primary N) is 1. The Morgan fingerprint density at radius 2 is 2.32 bits per heavy atom. The highest BCUT2D eigenvalue weighted by atomic mass is 127.